The molecule has 5 heteroatoms. The van der Waals surface area contributed by atoms with E-state index in [2.05, 4.69) is 25.9 Å². The normalized spacial score (nSPS) is 10.9. The maximum atomic E-state index is 11.5. The first-order chi connectivity index (χ1) is 6.24. The molecule has 2 aromatic rings. The Kier molecular flexibility index (Phi) is 1.95. The number of fused-ring (bicyclic) bond motifs is 1. The average molecular weight is 242 g/mol. The molecule has 0 saturated heterocycles. The van der Waals surface area contributed by atoms with Crippen LogP contribution in [-0.4, -0.2) is 25.5 Å². The van der Waals surface area contributed by atoms with Crippen molar-refractivity contribution < 1.29 is 4.79 Å². The molecular formula is C8H8BrN3O. The summed E-state index contributed by atoms with van der Waals surface area (Å²) in [5, 5.41) is 0.332. The summed E-state index contributed by atoms with van der Waals surface area (Å²) in [6.45, 7) is 1.87. The van der Waals surface area contributed by atoms with E-state index in [1.165, 1.54) is 0 Å². The van der Waals surface area contributed by atoms with Crippen LogP contribution in [0.4, 0.5) is 0 Å². The summed E-state index contributed by atoms with van der Waals surface area (Å²) in [6.07, 6.45) is 3.44. The van der Waals surface area contributed by atoms with Crippen molar-refractivity contribution in [1.29, 1.82) is 0 Å². The fraction of sp³-hybridized carbons (Fsp3) is 0.250. The van der Waals surface area contributed by atoms with Crippen molar-refractivity contribution in [2.45, 2.75) is 6.92 Å². The number of hydrogen-bond donors (Lipinski definition) is 1. The Morgan fingerprint density at radius 1 is 1.77 bits per heavy atom. The molecule has 0 aromatic carbocycles. The van der Waals surface area contributed by atoms with Crippen LogP contribution < -0.4 is 0 Å². The second-order valence-electron chi connectivity index (χ2n) is 2.78. The highest BCUT2D eigenvalue weighted by molar-refractivity contribution is 9.09. The van der Waals surface area contributed by atoms with Crippen LogP contribution in [0.5, 0.6) is 0 Å². The Balaban J connectivity index is 2.70. The molecule has 0 unspecified atom stereocenters. The molecule has 0 fully saturated rings. The lowest BCUT2D eigenvalue weighted by atomic mass is 10.2. The summed E-state index contributed by atoms with van der Waals surface area (Å²) in [4.78, 5) is 18.6. The zero-order chi connectivity index (χ0) is 9.42. The third kappa shape index (κ3) is 1.19. The maximum absolute atomic E-state index is 11.5. The largest absolute Gasteiger partial charge is 0.327 e. The predicted octanol–water partition coefficient (Wildman–Crippen LogP) is 1.55. The van der Waals surface area contributed by atoms with Crippen molar-refractivity contribution in [1.82, 2.24) is 14.4 Å². The number of hydrogen-bond acceptors (Lipinski definition) is 2. The number of nitrogens with zero attached hydrogens (tertiary/aromatic N) is 2. The zero-order valence-corrected chi connectivity index (χ0v) is 8.63. The number of Topliss-reactive ketones (excluding diaryl/α,β-unsaturated/α-hetero) is 1. The van der Waals surface area contributed by atoms with Crippen LogP contribution in [0.2, 0.25) is 0 Å². The molecule has 0 aliphatic rings. The number of aryl methyl sites for hydroxylation is 1. The van der Waals surface area contributed by atoms with E-state index in [1.807, 2.05) is 6.92 Å². The zero-order valence-electron chi connectivity index (χ0n) is 7.04. The van der Waals surface area contributed by atoms with Gasteiger partial charge in [-0.15, -0.1) is 0 Å². The quantitative estimate of drug-likeness (QED) is 0.641. The Labute approximate surface area is 83.1 Å². The van der Waals surface area contributed by atoms with Gasteiger partial charge in [-0.05, 0) is 6.92 Å². The molecule has 2 heterocycles. The molecular weight excluding hydrogens is 234 g/mol. The van der Waals surface area contributed by atoms with Crippen LogP contribution in [0.25, 0.3) is 5.78 Å². The van der Waals surface area contributed by atoms with Gasteiger partial charge >= 0.3 is 0 Å². The lowest BCUT2D eigenvalue weighted by Crippen LogP contribution is -2.05. The van der Waals surface area contributed by atoms with E-state index < -0.39 is 0 Å². The first kappa shape index (κ1) is 8.50. The van der Waals surface area contributed by atoms with Crippen LogP contribution in [0, 0.1) is 6.92 Å². The fourth-order valence-corrected chi connectivity index (χ4v) is 1.66. The summed E-state index contributed by atoms with van der Waals surface area (Å²) < 4.78 is 1.76. The molecule has 2 aromatic heterocycles. The standard InChI is InChI=1S/C8H8BrN3O/c1-5-7(6(13)4-9)12-3-2-10-8(12)11-5/h2-3H,4H2,1H3,(H,10,11). The summed E-state index contributed by atoms with van der Waals surface area (Å²) >= 11 is 3.15. The van der Waals surface area contributed by atoms with Gasteiger partial charge in [-0.25, -0.2) is 4.98 Å². The Hall–Kier alpha value is -1.10. The van der Waals surface area contributed by atoms with Crippen molar-refractivity contribution in [3.8, 4) is 0 Å². The van der Waals surface area contributed by atoms with Crippen molar-refractivity contribution in [3.05, 3.63) is 23.8 Å². The van der Waals surface area contributed by atoms with Gasteiger partial charge in [0.05, 0.1) is 5.33 Å². The van der Waals surface area contributed by atoms with Crippen LogP contribution in [-0.2, 0) is 0 Å². The third-order valence-corrected chi connectivity index (χ3v) is 2.43. The van der Waals surface area contributed by atoms with Crippen LogP contribution in [0.1, 0.15) is 16.2 Å². The van der Waals surface area contributed by atoms with Crippen molar-refractivity contribution >= 4 is 27.5 Å². The van der Waals surface area contributed by atoms with Gasteiger partial charge in [0.15, 0.2) is 5.78 Å². The number of imidazole rings is 2. The van der Waals surface area contributed by atoms with Gasteiger partial charge in [0.2, 0.25) is 5.78 Å². The van der Waals surface area contributed by atoms with Gasteiger partial charge in [-0.3, -0.25) is 9.20 Å². The minimum Gasteiger partial charge on any atom is -0.327 e. The number of carbonyl (C=O) groups is 1. The van der Waals surface area contributed by atoms with E-state index in [-0.39, 0.29) is 5.78 Å². The number of carbonyl (C=O) groups excluding carboxylic acids is 1. The van der Waals surface area contributed by atoms with E-state index in [4.69, 9.17) is 0 Å². The van der Waals surface area contributed by atoms with Crippen molar-refractivity contribution in [2.75, 3.05) is 5.33 Å². The molecule has 2 rings (SSSR count). The molecule has 0 atom stereocenters. The summed E-state index contributed by atoms with van der Waals surface area (Å²) in [5.41, 5.74) is 1.52. The summed E-state index contributed by atoms with van der Waals surface area (Å²) in [6, 6.07) is 0. The van der Waals surface area contributed by atoms with E-state index >= 15 is 0 Å². The van der Waals surface area contributed by atoms with E-state index in [0.717, 1.165) is 5.69 Å². The minimum atomic E-state index is 0.0572. The average Bonchev–Trinajstić information content (AvgIpc) is 2.62. The lowest BCUT2D eigenvalue weighted by molar-refractivity contribution is 0.101. The van der Waals surface area contributed by atoms with E-state index in [1.54, 1.807) is 16.8 Å². The highest BCUT2D eigenvalue weighted by atomic mass is 79.9. The molecule has 1 N–H and O–H groups in total. The summed E-state index contributed by atoms with van der Waals surface area (Å²) in [5.74, 6) is 0.767. The van der Waals surface area contributed by atoms with Gasteiger partial charge in [-0.2, -0.15) is 0 Å². The van der Waals surface area contributed by atoms with Gasteiger partial charge in [-0.1, -0.05) is 15.9 Å². The number of aromatic nitrogens is 3. The predicted molar refractivity (Wildman–Crippen MR) is 52.4 cm³/mol. The summed E-state index contributed by atoms with van der Waals surface area (Å²) in [7, 11) is 0. The van der Waals surface area contributed by atoms with Gasteiger partial charge in [0, 0.05) is 18.1 Å². The minimum absolute atomic E-state index is 0.0572. The van der Waals surface area contributed by atoms with Crippen LogP contribution >= 0.6 is 15.9 Å². The molecule has 13 heavy (non-hydrogen) atoms. The molecule has 4 nitrogen and oxygen atoms in total. The monoisotopic (exact) mass is 241 g/mol. The number of H-pyrrole nitrogens is 1. The first-order valence-corrected chi connectivity index (χ1v) is 4.97. The topological polar surface area (TPSA) is 50.2 Å². The lowest BCUT2D eigenvalue weighted by Gasteiger charge is -1.95. The number of ketones is 1. The second-order valence-corrected chi connectivity index (χ2v) is 3.34. The van der Waals surface area contributed by atoms with Crippen molar-refractivity contribution in [2.24, 2.45) is 0 Å². The number of halogens is 1. The Morgan fingerprint density at radius 2 is 2.54 bits per heavy atom. The first-order valence-electron chi connectivity index (χ1n) is 3.85. The van der Waals surface area contributed by atoms with E-state index in [0.29, 0.717) is 16.8 Å². The smallest absolute Gasteiger partial charge is 0.211 e. The maximum Gasteiger partial charge on any atom is 0.211 e. The highest BCUT2D eigenvalue weighted by Gasteiger charge is 2.14. The number of nitrogens with one attached hydrogen (secondary N) is 1. The molecule has 0 aliphatic carbocycles. The molecule has 0 aliphatic heterocycles. The molecule has 0 radical (unpaired) electrons. The van der Waals surface area contributed by atoms with E-state index in [9.17, 15) is 4.79 Å². The van der Waals surface area contributed by atoms with Crippen LogP contribution in [0.3, 0.4) is 0 Å². The molecule has 0 saturated carbocycles. The third-order valence-electron chi connectivity index (χ3n) is 1.92. The van der Waals surface area contributed by atoms with Gasteiger partial charge in [0.1, 0.15) is 5.69 Å². The number of rotatable bonds is 2. The number of aromatic amines is 1. The van der Waals surface area contributed by atoms with Crippen LogP contribution in [0.15, 0.2) is 12.4 Å². The molecule has 0 bridgehead atoms. The Morgan fingerprint density at radius 3 is 3.23 bits per heavy atom. The SMILES string of the molecule is Cc1[nH]c2nccn2c1C(=O)CBr. The molecule has 0 spiro atoms. The second kappa shape index (κ2) is 2.99. The number of alkyl halides is 1. The van der Waals surface area contributed by atoms with Crippen molar-refractivity contribution in [3.63, 3.8) is 0 Å². The molecule has 68 valence electrons. The van der Waals surface area contributed by atoms with Gasteiger partial charge < -0.3 is 4.98 Å². The van der Waals surface area contributed by atoms with Gasteiger partial charge in [0.25, 0.3) is 0 Å². The fourth-order valence-electron chi connectivity index (χ4n) is 1.39. The molecule has 0 amide bonds. The highest BCUT2D eigenvalue weighted by Crippen LogP contribution is 2.11. The Bertz CT molecular complexity index is 457.